The minimum absolute atomic E-state index is 0.0814. The zero-order valence-electron chi connectivity index (χ0n) is 11.7. The van der Waals surface area contributed by atoms with Crippen molar-refractivity contribution in [1.82, 2.24) is 9.88 Å². The number of carbonyl (C=O) groups excluding carboxylic acids is 1. The number of hydrogen-bond acceptors (Lipinski definition) is 2. The maximum absolute atomic E-state index is 13.0. The van der Waals surface area contributed by atoms with E-state index in [1.165, 1.54) is 12.3 Å². The predicted molar refractivity (Wildman–Crippen MR) is 72.3 cm³/mol. The van der Waals surface area contributed by atoms with Crippen LogP contribution in [0.2, 0.25) is 0 Å². The van der Waals surface area contributed by atoms with E-state index in [2.05, 4.69) is 18.8 Å². The number of piperidine rings is 1. The van der Waals surface area contributed by atoms with Gasteiger partial charge in [-0.3, -0.25) is 4.79 Å². The molecule has 104 valence electrons. The van der Waals surface area contributed by atoms with E-state index in [0.717, 1.165) is 38.8 Å². The quantitative estimate of drug-likeness (QED) is 0.785. The molecule has 1 amide bonds. The molecule has 2 heterocycles. The number of likely N-dealkylation sites (tertiary alicyclic amines) is 1. The number of halogens is 1. The summed E-state index contributed by atoms with van der Waals surface area (Å²) in [6.45, 7) is 5.98. The Morgan fingerprint density at radius 2 is 2.00 bits per heavy atom. The highest BCUT2D eigenvalue weighted by atomic mass is 19.1. The SMILES string of the molecule is CCC1(CC)CCN(C(=O)c2ccnc(F)c2)CC1. The van der Waals surface area contributed by atoms with E-state index in [4.69, 9.17) is 0 Å². The second-order valence-electron chi connectivity index (χ2n) is 5.37. The van der Waals surface area contributed by atoms with Crippen molar-refractivity contribution in [2.75, 3.05) is 13.1 Å². The summed E-state index contributed by atoms with van der Waals surface area (Å²) in [6, 6.07) is 2.79. The Bertz CT molecular complexity index is 447. The summed E-state index contributed by atoms with van der Waals surface area (Å²) in [5, 5.41) is 0. The number of rotatable bonds is 3. The number of hydrogen-bond donors (Lipinski definition) is 0. The molecule has 1 aliphatic heterocycles. The van der Waals surface area contributed by atoms with E-state index in [1.54, 1.807) is 6.07 Å². The summed E-state index contributed by atoms with van der Waals surface area (Å²) in [6.07, 6.45) is 5.75. The smallest absolute Gasteiger partial charge is 0.254 e. The summed E-state index contributed by atoms with van der Waals surface area (Å²) in [5.74, 6) is -0.679. The molecule has 0 aromatic carbocycles. The van der Waals surface area contributed by atoms with Crippen molar-refractivity contribution in [3.05, 3.63) is 29.8 Å². The Labute approximate surface area is 113 Å². The van der Waals surface area contributed by atoms with Crippen LogP contribution in [-0.2, 0) is 0 Å². The van der Waals surface area contributed by atoms with Crippen molar-refractivity contribution in [2.45, 2.75) is 39.5 Å². The minimum Gasteiger partial charge on any atom is -0.339 e. The monoisotopic (exact) mass is 264 g/mol. The molecule has 1 fully saturated rings. The number of pyridine rings is 1. The van der Waals surface area contributed by atoms with E-state index in [0.29, 0.717) is 11.0 Å². The van der Waals surface area contributed by atoms with Crippen molar-refractivity contribution >= 4 is 5.91 Å². The number of aromatic nitrogens is 1. The molecule has 1 saturated heterocycles. The van der Waals surface area contributed by atoms with Gasteiger partial charge in [-0.15, -0.1) is 0 Å². The molecule has 0 N–H and O–H groups in total. The first-order chi connectivity index (χ1) is 9.10. The van der Waals surface area contributed by atoms with Gasteiger partial charge in [0, 0.05) is 30.9 Å². The molecule has 3 nitrogen and oxygen atoms in total. The summed E-state index contributed by atoms with van der Waals surface area (Å²) < 4.78 is 13.0. The lowest BCUT2D eigenvalue weighted by Gasteiger charge is -2.41. The fourth-order valence-electron chi connectivity index (χ4n) is 2.86. The van der Waals surface area contributed by atoms with Gasteiger partial charge < -0.3 is 4.90 Å². The maximum atomic E-state index is 13.0. The van der Waals surface area contributed by atoms with Crippen LogP contribution in [0.1, 0.15) is 49.9 Å². The number of carbonyl (C=O) groups is 1. The second kappa shape index (κ2) is 5.68. The van der Waals surface area contributed by atoms with Crippen molar-refractivity contribution in [1.29, 1.82) is 0 Å². The lowest BCUT2D eigenvalue weighted by atomic mass is 9.74. The van der Waals surface area contributed by atoms with Crippen LogP contribution in [0, 0.1) is 11.4 Å². The Hall–Kier alpha value is -1.45. The summed E-state index contributed by atoms with van der Waals surface area (Å²) in [4.78, 5) is 17.6. The van der Waals surface area contributed by atoms with Crippen molar-refractivity contribution < 1.29 is 9.18 Å². The molecule has 19 heavy (non-hydrogen) atoms. The summed E-state index contributed by atoms with van der Waals surface area (Å²) in [5.41, 5.74) is 0.785. The molecule has 0 aliphatic carbocycles. The van der Waals surface area contributed by atoms with Gasteiger partial charge in [0.15, 0.2) is 0 Å². The van der Waals surface area contributed by atoms with Crippen molar-refractivity contribution in [3.63, 3.8) is 0 Å². The molecular weight excluding hydrogens is 243 g/mol. The molecule has 4 heteroatoms. The molecule has 0 saturated carbocycles. The Morgan fingerprint density at radius 1 is 1.37 bits per heavy atom. The zero-order chi connectivity index (χ0) is 13.9. The standard InChI is InChI=1S/C15H21FN2O/c1-3-15(4-2)6-9-18(10-7-15)14(19)12-5-8-17-13(16)11-12/h5,8,11H,3-4,6-7,9-10H2,1-2H3. The fraction of sp³-hybridized carbons (Fsp3) is 0.600. The van der Waals surface area contributed by atoms with Gasteiger partial charge >= 0.3 is 0 Å². The first kappa shape index (κ1) is 14.0. The molecule has 0 radical (unpaired) electrons. The van der Waals surface area contributed by atoms with Crippen LogP contribution in [0.4, 0.5) is 4.39 Å². The highest BCUT2D eigenvalue weighted by molar-refractivity contribution is 5.94. The van der Waals surface area contributed by atoms with Gasteiger partial charge in [-0.25, -0.2) is 4.98 Å². The summed E-state index contributed by atoms with van der Waals surface area (Å²) >= 11 is 0. The first-order valence-corrected chi connectivity index (χ1v) is 7.01. The van der Waals surface area contributed by atoms with Crippen LogP contribution in [0.3, 0.4) is 0 Å². The third-order valence-electron chi connectivity index (χ3n) is 4.58. The van der Waals surface area contributed by atoms with Crippen LogP contribution in [0.25, 0.3) is 0 Å². The summed E-state index contributed by atoms with van der Waals surface area (Å²) in [7, 11) is 0. The van der Waals surface area contributed by atoms with Gasteiger partial charge in [0.05, 0.1) is 0 Å². The highest BCUT2D eigenvalue weighted by Crippen LogP contribution is 2.38. The molecule has 1 aromatic heterocycles. The molecule has 1 aromatic rings. The number of nitrogens with zero attached hydrogens (tertiary/aromatic N) is 2. The van der Waals surface area contributed by atoms with E-state index >= 15 is 0 Å². The largest absolute Gasteiger partial charge is 0.339 e. The van der Waals surface area contributed by atoms with Crippen molar-refractivity contribution in [2.24, 2.45) is 5.41 Å². The zero-order valence-corrected chi connectivity index (χ0v) is 11.7. The van der Waals surface area contributed by atoms with Gasteiger partial charge in [-0.1, -0.05) is 26.7 Å². The normalized spacial score (nSPS) is 18.4. The van der Waals surface area contributed by atoms with Crippen LogP contribution >= 0.6 is 0 Å². The van der Waals surface area contributed by atoms with Gasteiger partial charge in [0.2, 0.25) is 5.95 Å². The first-order valence-electron chi connectivity index (χ1n) is 7.01. The third-order valence-corrected chi connectivity index (χ3v) is 4.58. The second-order valence-corrected chi connectivity index (χ2v) is 5.37. The lowest BCUT2D eigenvalue weighted by molar-refractivity contribution is 0.0557. The Kier molecular flexibility index (Phi) is 4.17. The van der Waals surface area contributed by atoms with Gasteiger partial charge in [0.25, 0.3) is 5.91 Å². The molecule has 0 spiro atoms. The van der Waals surface area contributed by atoms with Crippen LogP contribution in [-0.4, -0.2) is 28.9 Å². The lowest BCUT2D eigenvalue weighted by Crippen LogP contribution is -2.42. The Balaban J connectivity index is 2.04. The molecule has 2 rings (SSSR count). The average molecular weight is 264 g/mol. The van der Waals surface area contributed by atoms with E-state index in [-0.39, 0.29) is 5.91 Å². The predicted octanol–water partition coefficient (Wildman–Crippen LogP) is 3.26. The average Bonchev–Trinajstić information content (AvgIpc) is 2.46. The Morgan fingerprint density at radius 3 is 2.53 bits per heavy atom. The van der Waals surface area contributed by atoms with Gasteiger partial charge in [-0.05, 0) is 24.3 Å². The molecular formula is C15H21FN2O. The molecule has 0 bridgehead atoms. The van der Waals surface area contributed by atoms with Gasteiger partial charge in [-0.2, -0.15) is 4.39 Å². The van der Waals surface area contributed by atoms with E-state index < -0.39 is 5.95 Å². The van der Waals surface area contributed by atoms with Gasteiger partial charge in [0.1, 0.15) is 0 Å². The molecule has 0 unspecified atom stereocenters. The molecule has 0 atom stereocenters. The third kappa shape index (κ3) is 2.94. The maximum Gasteiger partial charge on any atom is 0.254 e. The van der Waals surface area contributed by atoms with Crippen LogP contribution in [0.5, 0.6) is 0 Å². The topological polar surface area (TPSA) is 33.2 Å². The fourth-order valence-corrected chi connectivity index (χ4v) is 2.86. The van der Waals surface area contributed by atoms with Crippen molar-refractivity contribution in [3.8, 4) is 0 Å². The highest BCUT2D eigenvalue weighted by Gasteiger charge is 2.33. The van der Waals surface area contributed by atoms with Crippen LogP contribution < -0.4 is 0 Å². The van der Waals surface area contributed by atoms with Crippen LogP contribution in [0.15, 0.2) is 18.3 Å². The minimum atomic E-state index is -0.598. The number of amides is 1. The van der Waals surface area contributed by atoms with E-state index in [9.17, 15) is 9.18 Å². The molecule has 1 aliphatic rings. The van der Waals surface area contributed by atoms with E-state index in [1.807, 2.05) is 4.90 Å².